The quantitative estimate of drug-likeness (QED) is 0.622. The number of amides is 2. The topological polar surface area (TPSA) is 62.8 Å². The predicted molar refractivity (Wildman–Crippen MR) is 128 cm³/mol. The van der Waals surface area contributed by atoms with Crippen LogP contribution in [-0.4, -0.2) is 51.3 Å². The number of nitrogens with zero attached hydrogens (tertiary/aromatic N) is 1. The van der Waals surface area contributed by atoms with Crippen molar-refractivity contribution < 1.29 is 14.3 Å². The predicted octanol–water partition coefficient (Wildman–Crippen LogP) is 5.18. The first-order chi connectivity index (χ1) is 15.3. The SMILES string of the molecule is COc1ccc([C@]23CC[C@H](NC(=O)Nc4cc(Cl)ccc4Cl)C[C@@H]2CN(C)C3)cc1OC. The van der Waals surface area contributed by atoms with E-state index < -0.39 is 0 Å². The first-order valence-corrected chi connectivity index (χ1v) is 11.5. The summed E-state index contributed by atoms with van der Waals surface area (Å²) in [6.07, 6.45) is 2.80. The number of benzene rings is 2. The van der Waals surface area contributed by atoms with Crippen LogP contribution in [0, 0.1) is 5.92 Å². The molecule has 0 spiro atoms. The standard InChI is InChI=1S/C24H29Cl2N3O3/c1-29-13-16-10-18(27-23(30)28-20-12-17(25)5-6-19(20)26)8-9-24(16,14-29)15-4-7-21(31-2)22(11-15)32-3/h4-7,11-12,16,18H,8-10,13-14H2,1-3H3,(H2,27,28,30)/t16-,18+,24-/m1/s1. The summed E-state index contributed by atoms with van der Waals surface area (Å²) in [5, 5.41) is 6.95. The molecule has 2 fully saturated rings. The molecule has 2 amide bonds. The Labute approximate surface area is 199 Å². The molecule has 0 radical (unpaired) electrons. The monoisotopic (exact) mass is 477 g/mol. The minimum Gasteiger partial charge on any atom is -0.493 e. The van der Waals surface area contributed by atoms with E-state index in [1.165, 1.54) is 5.56 Å². The van der Waals surface area contributed by atoms with Crippen LogP contribution in [0.4, 0.5) is 10.5 Å². The lowest BCUT2D eigenvalue weighted by Crippen LogP contribution is -2.48. The van der Waals surface area contributed by atoms with Crippen molar-refractivity contribution >= 4 is 34.9 Å². The number of ether oxygens (including phenoxy) is 2. The van der Waals surface area contributed by atoms with Gasteiger partial charge in [0.1, 0.15) is 0 Å². The van der Waals surface area contributed by atoms with E-state index in [9.17, 15) is 4.79 Å². The number of fused-ring (bicyclic) bond motifs is 1. The summed E-state index contributed by atoms with van der Waals surface area (Å²) in [7, 11) is 5.49. The van der Waals surface area contributed by atoms with E-state index >= 15 is 0 Å². The highest BCUT2D eigenvalue weighted by molar-refractivity contribution is 6.35. The van der Waals surface area contributed by atoms with E-state index in [0.29, 0.717) is 21.7 Å². The minimum atomic E-state index is -0.260. The molecule has 3 atom stereocenters. The van der Waals surface area contributed by atoms with Crippen LogP contribution in [0.2, 0.25) is 10.0 Å². The Kier molecular flexibility index (Phi) is 6.75. The average Bonchev–Trinajstić information content (AvgIpc) is 3.12. The molecule has 172 valence electrons. The van der Waals surface area contributed by atoms with Gasteiger partial charge in [0.25, 0.3) is 0 Å². The van der Waals surface area contributed by atoms with E-state index in [2.05, 4.69) is 34.7 Å². The molecule has 1 heterocycles. The maximum absolute atomic E-state index is 12.6. The number of carbonyl (C=O) groups excluding carboxylic acids is 1. The number of urea groups is 1. The van der Waals surface area contributed by atoms with Crippen LogP contribution < -0.4 is 20.1 Å². The van der Waals surface area contributed by atoms with Gasteiger partial charge in [0.2, 0.25) is 0 Å². The van der Waals surface area contributed by atoms with Crippen molar-refractivity contribution in [3.8, 4) is 11.5 Å². The van der Waals surface area contributed by atoms with Crippen molar-refractivity contribution in [3.05, 3.63) is 52.0 Å². The minimum absolute atomic E-state index is 0.0409. The molecule has 2 N–H and O–H groups in total. The van der Waals surface area contributed by atoms with Crippen molar-refractivity contribution in [1.82, 2.24) is 10.2 Å². The molecule has 4 rings (SSSR count). The molecule has 6 nitrogen and oxygen atoms in total. The summed E-state index contributed by atoms with van der Waals surface area (Å²) in [6.45, 7) is 1.98. The molecular weight excluding hydrogens is 449 g/mol. The van der Waals surface area contributed by atoms with Gasteiger partial charge in [0.05, 0.1) is 24.9 Å². The fourth-order valence-corrected chi connectivity index (χ4v) is 5.72. The van der Waals surface area contributed by atoms with Crippen molar-refractivity contribution in [3.63, 3.8) is 0 Å². The second-order valence-electron chi connectivity index (χ2n) is 8.81. The summed E-state index contributed by atoms with van der Waals surface area (Å²) in [6, 6.07) is 11.1. The Hall–Kier alpha value is -2.15. The second-order valence-corrected chi connectivity index (χ2v) is 9.66. The van der Waals surface area contributed by atoms with Gasteiger partial charge in [-0.1, -0.05) is 29.3 Å². The molecular formula is C24H29Cl2N3O3. The van der Waals surface area contributed by atoms with Gasteiger partial charge in [0, 0.05) is 29.6 Å². The third-order valence-electron chi connectivity index (χ3n) is 6.84. The lowest BCUT2D eigenvalue weighted by molar-refractivity contribution is 0.197. The summed E-state index contributed by atoms with van der Waals surface area (Å²) in [5.41, 5.74) is 1.82. The summed E-state index contributed by atoms with van der Waals surface area (Å²) in [5.74, 6) is 1.92. The largest absolute Gasteiger partial charge is 0.493 e. The lowest BCUT2D eigenvalue weighted by atomic mass is 9.63. The van der Waals surface area contributed by atoms with Gasteiger partial charge < -0.3 is 25.0 Å². The highest BCUT2D eigenvalue weighted by Crippen LogP contribution is 2.49. The Morgan fingerprint density at radius 3 is 2.66 bits per heavy atom. The molecule has 32 heavy (non-hydrogen) atoms. The van der Waals surface area contributed by atoms with Gasteiger partial charge in [-0.2, -0.15) is 0 Å². The van der Waals surface area contributed by atoms with Gasteiger partial charge in [-0.25, -0.2) is 4.79 Å². The Morgan fingerprint density at radius 1 is 1.12 bits per heavy atom. The van der Waals surface area contributed by atoms with Gasteiger partial charge in [-0.05, 0) is 68.1 Å². The van der Waals surface area contributed by atoms with Gasteiger partial charge >= 0.3 is 6.03 Å². The van der Waals surface area contributed by atoms with Crippen LogP contribution in [0.3, 0.4) is 0 Å². The van der Waals surface area contributed by atoms with Crippen molar-refractivity contribution in [2.24, 2.45) is 5.92 Å². The maximum Gasteiger partial charge on any atom is 0.319 e. The zero-order chi connectivity index (χ0) is 22.9. The second kappa shape index (κ2) is 9.38. The lowest BCUT2D eigenvalue weighted by Gasteiger charge is -2.42. The van der Waals surface area contributed by atoms with E-state index in [0.717, 1.165) is 43.9 Å². The van der Waals surface area contributed by atoms with Crippen LogP contribution in [0.15, 0.2) is 36.4 Å². The third-order valence-corrected chi connectivity index (χ3v) is 7.41. The fraction of sp³-hybridized carbons (Fsp3) is 0.458. The number of halogens is 2. The summed E-state index contributed by atoms with van der Waals surface area (Å²) < 4.78 is 11.0. The number of rotatable bonds is 5. The number of likely N-dealkylation sites (tertiary alicyclic amines) is 1. The number of anilines is 1. The maximum atomic E-state index is 12.6. The molecule has 0 aromatic heterocycles. The van der Waals surface area contributed by atoms with Gasteiger partial charge in [-0.15, -0.1) is 0 Å². The summed E-state index contributed by atoms with van der Waals surface area (Å²) >= 11 is 12.2. The molecule has 8 heteroatoms. The Balaban J connectivity index is 1.48. The smallest absolute Gasteiger partial charge is 0.319 e. The van der Waals surface area contributed by atoms with Crippen molar-refractivity contribution in [2.75, 3.05) is 39.7 Å². The third kappa shape index (κ3) is 4.49. The summed E-state index contributed by atoms with van der Waals surface area (Å²) in [4.78, 5) is 15.0. The molecule has 1 aliphatic carbocycles. The van der Waals surface area contributed by atoms with Crippen molar-refractivity contribution in [2.45, 2.75) is 30.7 Å². The molecule has 1 aliphatic heterocycles. The van der Waals surface area contributed by atoms with Gasteiger partial charge in [-0.3, -0.25) is 0 Å². The number of carbonyl (C=O) groups is 1. The molecule has 0 bridgehead atoms. The number of methoxy groups -OCH3 is 2. The van der Waals surface area contributed by atoms with E-state index in [-0.39, 0.29) is 17.5 Å². The molecule has 1 saturated carbocycles. The van der Waals surface area contributed by atoms with Crippen LogP contribution in [0.1, 0.15) is 24.8 Å². The number of hydrogen-bond donors (Lipinski definition) is 2. The van der Waals surface area contributed by atoms with Crippen molar-refractivity contribution in [1.29, 1.82) is 0 Å². The zero-order valence-corrected chi connectivity index (χ0v) is 20.1. The first-order valence-electron chi connectivity index (χ1n) is 10.8. The van der Waals surface area contributed by atoms with Crippen LogP contribution in [0.5, 0.6) is 11.5 Å². The number of nitrogens with one attached hydrogen (secondary N) is 2. The van der Waals surface area contributed by atoms with Crippen LogP contribution >= 0.6 is 23.2 Å². The van der Waals surface area contributed by atoms with Crippen LogP contribution in [-0.2, 0) is 5.41 Å². The van der Waals surface area contributed by atoms with E-state index in [4.69, 9.17) is 32.7 Å². The van der Waals surface area contributed by atoms with E-state index in [1.54, 1.807) is 32.4 Å². The highest BCUT2D eigenvalue weighted by atomic mass is 35.5. The first kappa shape index (κ1) is 23.0. The number of hydrogen-bond acceptors (Lipinski definition) is 4. The Bertz CT molecular complexity index is 1000. The highest BCUT2D eigenvalue weighted by Gasteiger charge is 2.50. The van der Waals surface area contributed by atoms with Crippen LogP contribution in [0.25, 0.3) is 0 Å². The average molecular weight is 478 g/mol. The Morgan fingerprint density at radius 2 is 1.91 bits per heavy atom. The molecule has 1 saturated heterocycles. The molecule has 2 aromatic carbocycles. The fourth-order valence-electron chi connectivity index (χ4n) is 5.39. The molecule has 0 unspecified atom stereocenters. The molecule has 2 aromatic rings. The zero-order valence-electron chi connectivity index (χ0n) is 18.6. The normalized spacial score (nSPS) is 25.2. The molecule has 2 aliphatic rings. The number of likely N-dealkylation sites (N-methyl/N-ethyl adjacent to an activating group) is 1. The van der Waals surface area contributed by atoms with E-state index in [1.807, 2.05) is 6.07 Å². The van der Waals surface area contributed by atoms with Gasteiger partial charge in [0.15, 0.2) is 11.5 Å².